The molecule has 0 saturated heterocycles. The van der Waals surface area contributed by atoms with Gasteiger partial charge in [0.2, 0.25) is 0 Å². The molecule has 5 nitrogen and oxygen atoms in total. The third kappa shape index (κ3) is 2.10. The molecule has 0 fully saturated rings. The second-order valence-electron chi connectivity index (χ2n) is 3.95. The van der Waals surface area contributed by atoms with Gasteiger partial charge in [0, 0.05) is 22.3 Å². The highest BCUT2D eigenvalue weighted by Gasteiger charge is 2.12. The molecule has 0 atom stereocenters. The van der Waals surface area contributed by atoms with Crippen molar-refractivity contribution >= 4 is 27.5 Å². The van der Waals surface area contributed by atoms with E-state index >= 15 is 0 Å². The van der Waals surface area contributed by atoms with Crippen LogP contribution in [0.25, 0.3) is 16.9 Å². The molecule has 3 rings (SSSR count). The molecule has 0 spiro atoms. The van der Waals surface area contributed by atoms with E-state index in [2.05, 4.69) is 26.0 Å². The average molecular weight is 318 g/mol. The number of fused-ring (bicyclic) bond motifs is 1. The lowest BCUT2D eigenvalue weighted by Gasteiger charge is -2.04. The van der Waals surface area contributed by atoms with Gasteiger partial charge >= 0.3 is 5.97 Å². The molecule has 2 aromatic heterocycles. The summed E-state index contributed by atoms with van der Waals surface area (Å²) in [6, 6.07) is 11.0. The molecule has 0 aliphatic heterocycles. The number of benzene rings is 1. The summed E-state index contributed by atoms with van der Waals surface area (Å²) in [6.07, 6.45) is 1.64. The monoisotopic (exact) mass is 317 g/mol. The molecule has 0 unspecified atom stereocenters. The Kier molecular flexibility index (Phi) is 2.79. The van der Waals surface area contributed by atoms with Gasteiger partial charge in [-0.05, 0) is 18.2 Å². The third-order valence-electron chi connectivity index (χ3n) is 2.70. The number of carbonyl (C=O) groups is 1. The number of aromatic carboxylic acids is 1. The minimum absolute atomic E-state index is 0.0186. The summed E-state index contributed by atoms with van der Waals surface area (Å²) in [5.41, 5.74) is 2.21. The zero-order chi connectivity index (χ0) is 13.4. The van der Waals surface area contributed by atoms with Gasteiger partial charge in [-0.1, -0.05) is 28.1 Å². The maximum Gasteiger partial charge on any atom is 0.356 e. The number of carboxylic acid groups (broad SMARTS) is 1. The first-order valence-corrected chi connectivity index (χ1v) is 6.28. The van der Waals surface area contributed by atoms with Gasteiger partial charge in [-0.25, -0.2) is 14.3 Å². The normalized spacial score (nSPS) is 10.8. The van der Waals surface area contributed by atoms with E-state index in [4.69, 9.17) is 5.11 Å². The minimum Gasteiger partial charge on any atom is -0.476 e. The zero-order valence-electron chi connectivity index (χ0n) is 9.62. The van der Waals surface area contributed by atoms with E-state index in [-0.39, 0.29) is 5.69 Å². The van der Waals surface area contributed by atoms with E-state index < -0.39 is 5.97 Å². The Morgan fingerprint density at radius 1 is 1.26 bits per heavy atom. The van der Waals surface area contributed by atoms with E-state index in [0.29, 0.717) is 5.65 Å². The first-order chi connectivity index (χ1) is 9.15. The minimum atomic E-state index is -1.06. The molecule has 0 amide bonds. The first-order valence-electron chi connectivity index (χ1n) is 5.49. The standard InChI is InChI=1S/C13H8BrN3O2/c14-9-3-1-2-8(6-9)11-4-5-15-12-7-10(13(18)19)16-17(11)12/h1-7H,(H,18,19). The maximum atomic E-state index is 11.0. The predicted octanol–water partition coefficient (Wildman–Crippen LogP) is 2.86. The van der Waals surface area contributed by atoms with Gasteiger partial charge in [0.05, 0.1) is 5.69 Å². The molecule has 19 heavy (non-hydrogen) atoms. The van der Waals surface area contributed by atoms with Crippen molar-refractivity contribution in [1.29, 1.82) is 0 Å². The molecule has 1 aromatic carbocycles. The van der Waals surface area contributed by atoms with Gasteiger partial charge in [0.1, 0.15) is 0 Å². The fourth-order valence-electron chi connectivity index (χ4n) is 1.87. The van der Waals surface area contributed by atoms with Crippen LogP contribution in [-0.4, -0.2) is 25.7 Å². The highest BCUT2D eigenvalue weighted by Crippen LogP contribution is 2.23. The number of rotatable bonds is 2. The lowest BCUT2D eigenvalue weighted by molar-refractivity contribution is 0.0690. The number of nitrogens with zero attached hydrogens (tertiary/aromatic N) is 3. The zero-order valence-corrected chi connectivity index (χ0v) is 11.2. The Morgan fingerprint density at radius 2 is 2.11 bits per heavy atom. The largest absolute Gasteiger partial charge is 0.476 e. The van der Waals surface area contributed by atoms with E-state index in [1.807, 2.05) is 24.3 Å². The topological polar surface area (TPSA) is 67.5 Å². The van der Waals surface area contributed by atoms with Crippen LogP contribution in [0.3, 0.4) is 0 Å². The highest BCUT2D eigenvalue weighted by atomic mass is 79.9. The van der Waals surface area contributed by atoms with Crippen molar-refractivity contribution in [3.05, 3.63) is 52.8 Å². The molecule has 0 aliphatic rings. The van der Waals surface area contributed by atoms with Crippen molar-refractivity contribution in [3.63, 3.8) is 0 Å². The van der Waals surface area contributed by atoms with Crippen molar-refractivity contribution in [2.24, 2.45) is 0 Å². The average Bonchev–Trinajstić information content (AvgIpc) is 2.82. The summed E-state index contributed by atoms with van der Waals surface area (Å²) in [7, 11) is 0. The third-order valence-corrected chi connectivity index (χ3v) is 3.19. The van der Waals surface area contributed by atoms with Gasteiger partial charge in [0.25, 0.3) is 0 Å². The summed E-state index contributed by atoms with van der Waals surface area (Å²) in [6.45, 7) is 0. The lowest BCUT2D eigenvalue weighted by Crippen LogP contribution is -1.99. The van der Waals surface area contributed by atoms with Crippen LogP contribution in [0.1, 0.15) is 10.5 Å². The van der Waals surface area contributed by atoms with Crippen LogP contribution in [-0.2, 0) is 0 Å². The van der Waals surface area contributed by atoms with Crippen molar-refractivity contribution in [1.82, 2.24) is 14.6 Å². The number of aromatic nitrogens is 3. The summed E-state index contributed by atoms with van der Waals surface area (Å²) < 4.78 is 2.48. The van der Waals surface area contributed by atoms with Gasteiger partial charge in [-0.15, -0.1) is 0 Å². The fourth-order valence-corrected chi connectivity index (χ4v) is 2.27. The number of halogens is 1. The van der Waals surface area contributed by atoms with Crippen molar-refractivity contribution < 1.29 is 9.90 Å². The highest BCUT2D eigenvalue weighted by molar-refractivity contribution is 9.10. The fraction of sp³-hybridized carbons (Fsp3) is 0. The molecule has 2 heterocycles. The van der Waals surface area contributed by atoms with Crippen molar-refractivity contribution in [2.45, 2.75) is 0 Å². The van der Waals surface area contributed by atoms with Gasteiger partial charge in [-0.3, -0.25) is 0 Å². The van der Waals surface area contributed by atoms with Crippen LogP contribution in [0.15, 0.2) is 47.1 Å². The molecule has 94 valence electrons. The Hall–Kier alpha value is -2.21. The summed E-state index contributed by atoms with van der Waals surface area (Å²) >= 11 is 3.41. The van der Waals surface area contributed by atoms with Gasteiger partial charge < -0.3 is 5.11 Å². The van der Waals surface area contributed by atoms with E-state index in [9.17, 15) is 4.79 Å². The quantitative estimate of drug-likeness (QED) is 0.789. The van der Waals surface area contributed by atoms with Crippen molar-refractivity contribution in [3.8, 4) is 11.3 Å². The predicted molar refractivity (Wildman–Crippen MR) is 73.1 cm³/mol. The van der Waals surface area contributed by atoms with Gasteiger partial charge in [0.15, 0.2) is 11.3 Å². The molecular weight excluding hydrogens is 310 g/mol. The molecule has 0 saturated carbocycles. The molecule has 3 aromatic rings. The van der Waals surface area contributed by atoms with Crippen LogP contribution in [0.4, 0.5) is 0 Å². The summed E-state index contributed by atoms with van der Waals surface area (Å²) in [4.78, 5) is 15.1. The number of hydrogen-bond acceptors (Lipinski definition) is 3. The van der Waals surface area contributed by atoms with Crippen LogP contribution in [0, 0.1) is 0 Å². The molecule has 1 N–H and O–H groups in total. The molecule has 0 aliphatic carbocycles. The molecule has 0 bridgehead atoms. The van der Waals surface area contributed by atoms with Gasteiger partial charge in [-0.2, -0.15) is 5.10 Å². The number of hydrogen-bond donors (Lipinski definition) is 1. The molecular formula is C13H8BrN3O2. The summed E-state index contributed by atoms with van der Waals surface area (Å²) in [5.74, 6) is -1.06. The maximum absolute atomic E-state index is 11.0. The SMILES string of the molecule is O=C(O)c1cc2nccc(-c3cccc(Br)c3)n2n1. The second kappa shape index (κ2) is 4.47. The lowest BCUT2D eigenvalue weighted by atomic mass is 10.1. The molecule has 0 radical (unpaired) electrons. The van der Waals surface area contributed by atoms with E-state index in [1.165, 1.54) is 10.6 Å². The van der Waals surface area contributed by atoms with Crippen LogP contribution >= 0.6 is 15.9 Å². The van der Waals surface area contributed by atoms with Crippen LogP contribution in [0.5, 0.6) is 0 Å². The number of carboxylic acids is 1. The van der Waals surface area contributed by atoms with Crippen LogP contribution < -0.4 is 0 Å². The van der Waals surface area contributed by atoms with Crippen LogP contribution in [0.2, 0.25) is 0 Å². The summed E-state index contributed by atoms with van der Waals surface area (Å²) in [5, 5.41) is 13.0. The Balaban J connectivity index is 2.26. The Labute approximate surface area is 116 Å². The second-order valence-corrected chi connectivity index (χ2v) is 4.86. The molecule has 6 heteroatoms. The van der Waals surface area contributed by atoms with E-state index in [0.717, 1.165) is 15.7 Å². The smallest absolute Gasteiger partial charge is 0.356 e. The first kappa shape index (κ1) is 11.9. The van der Waals surface area contributed by atoms with E-state index in [1.54, 1.807) is 12.3 Å². The van der Waals surface area contributed by atoms with Crippen molar-refractivity contribution in [2.75, 3.05) is 0 Å². The Morgan fingerprint density at radius 3 is 2.84 bits per heavy atom. The Bertz CT molecular complexity index is 782.